The van der Waals surface area contributed by atoms with E-state index >= 15 is 0 Å². The van der Waals surface area contributed by atoms with Crippen molar-refractivity contribution in [3.63, 3.8) is 0 Å². The number of carboxylic acid groups (broad SMARTS) is 1. The van der Waals surface area contributed by atoms with Crippen molar-refractivity contribution in [3.05, 3.63) is 65.3 Å². The number of halogens is 1. The number of nitrogens with zero attached hydrogens (tertiary/aromatic N) is 1. The molecule has 94 valence electrons. The van der Waals surface area contributed by atoms with Gasteiger partial charge in [-0.1, -0.05) is 11.6 Å². The fourth-order valence-electron chi connectivity index (χ4n) is 2.10. The molecule has 0 unspecified atom stereocenters. The van der Waals surface area contributed by atoms with Gasteiger partial charge in [-0.25, -0.2) is 4.79 Å². The molecule has 0 aliphatic rings. The summed E-state index contributed by atoms with van der Waals surface area (Å²) in [7, 11) is 0. The molecule has 4 heteroatoms. The minimum atomic E-state index is -0.916. The van der Waals surface area contributed by atoms with Gasteiger partial charge >= 0.3 is 5.97 Å². The van der Waals surface area contributed by atoms with Crippen LogP contribution in [-0.2, 0) is 0 Å². The Balaban J connectivity index is 2.15. The van der Waals surface area contributed by atoms with E-state index in [-0.39, 0.29) is 0 Å². The largest absolute Gasteiger partial charge is 0.478 e. The zero-order valence-electron chi connectivity index (χ0n) is 9.88. The summed E-state index contributed by atoms with van der Waals surface area (Å²) >= 11 is 5.87. The number of aromatic carboxylic acids is 1. The molecule has 19 heavy (non-hydrogen) atoms. The van der Waals surface area contributed by atoms with Crippen LogP contribution < -0.4 is 0 Å². The van der Waals surface area contributed by atoms with Crippen molar-refractivity contribution in [1.29, 1.82) is 0 Å². The number of hydrogen-bond acceptors (Lipinski definition) is 1. The number of benzene rings is 2. The van der Waals surface area contributed by atoms with Gasteiger partial charge in [0, 0.05) is 22.3 Å². The molecule has 3 rings (SSSR count). The lowest BCUT2D eigenvalue weighted by Crippen LogP contribution is -1.96. The van der Waals surface area contributed by atoms with Crippen LogP contribution in [0.4, 0.5) is 0 Å². The van der Waals surface area contributed by atoms with Gasteiger partial charge in [-0.3, -0.25) is 0 Å². The standard InChI is InChI=1S/C15H10ClNO2/c16-12-2-4-13(5-3-12)17-8-7-10-9-11(15(18)19)1-6-14(10)17/h1-9H,(H,18,19). The second-order valence-electron chi connectivity index (χ2n) is 4.24. The van der Waals surface area contributed by atoms with Crippen LogP contribution in [0, 0.1) is 0 Å². The average Bonchev–Trinajstić information content (AvgIpc) is 2.82. The van der Waals surface area contributed by atoms with Crippen molar-refractivity contribution in [2.24, 2.45) is 0 Å². The molecule has 0 saturated carbocycles. The Labute approximate surface area is 114 Å². The SMILES string of the molecule is O=C(O)c1ccc2c(ccn2-c2ccc(Cl)cc2)c1. The molecule has 3 aromatic rings. The molecule has 1 N–H and O–H groups in total. The quantitative estimate of drug-likeness (QED) is 0.766. The third-order valence-electron chi connectivity index (χ3n) is 3.04. The number of rotatable bonds is 2. The van der Waals surface area contributed by atoms with E-state index < -0.39 is 5.97 Å². The molecular weight excluding hydrogens is 262 g/mol. The molecule has 0 saturated heterocycles. The van der Waals surface area contributed by atoms with Crippen LogP contribution in [0.15, 0.2) is 54.7 Å². The molecule has 0 atom stereocenters. The molecule has 0 radical (unpaired) electrons. The molecule has 0 aliphatic carbocycles. The van der Waals surface area contributed by atoms with Crippen LogP contribution in [0.1, 0.15) is 10.4 Å². The Morgan fingerprint density at radius 2 is 1.79 bits per heavy atom. The smallest absolute Gasteiger partial charge is 0.335 e. The van der Waals surface area contributed by atoms with E-state index in [1.807, 2.05) is 47.2 Å². The van der Waals surface area contributed by atoms with Gasteiger partial charge in [-0.15, -0.1) is 0 Å². The molecule has 2 aromatic carbocycles. The first-order chi connectivity index (χ1) is 9.15. The van der Waals surface area contributed by atoms with Crippen molar-refractivity contribution in [2.45, 2.75) is 0 Å². The van der Waals surface area contributed by atoms with E-state index in [0.29, 0.717) is 10.6 Å². The highest BCUT2D eigenvalue weighted by Gasteiger charge is 2.07. The summed E-state index contributed by atoms with van der Waals surface area (Å²) in [6.07, 6.45) is 1.92. The molecule has 1 heterocycles. The monoisotopic (exact) mass is 271 g/mol. The summed E-state index contributed by atoms with van der Waals surface area (Å²) in [4.78, 5) is 10.9. The Kier molecular flexibility index (Phi) is 2.76. The molecule has 0 spiro atoms. The maximum absolute atomic E-state index is 10.9. The van der Waals surface area contributed by atoms with Gasteiger partial charge in [0.15, 0.2) is 0 Å². The Hall–Kier alpha value is -2.26. The fraction of sp³-hybridized carbons (Fsp3) is 0. The first kappa shape index (κ1) is 11.8. The molecule has 3 nitrogen and oxygen atoms in total. The third-order valence-corrected chi connectivity index (χ3v) is 3.29. The normalized spacial score (nSPS) is 10.8. The highest BCUT2D eigenvalue weighted by atomic mass is 35.5. The summed E-state index contributed by atoms with van der Waals surface area (Å²) in [6, 6.07) is 14.5. The Morgan fingerprint density at radius 1 is 1.05 bits per heavy atom. The zero-order chi connectivity index (χ0) is 13.4. The van der Waals surface area contributed by atoms with E-state index in [4.69, 9.17) is 16.7 Å². The van der Waals surface area contributed by atoms with Crippen LogP contribution in [0.3, 0.4) is 0 Å². The van der Waals surface area contributed by atoms with E-state index in [2.05, 4.69) is 0 Å². The van der Waals surface area contributed by atoms with Crippen LogP contribution in [0.5, 0.6) is 0 Å². The third kappa shape index (κ3) is 2.09. The lowest BCUT2D eigenvalue weighted by molar-refractivity contribution is 0.0697. The van der Waals surface area contributed by atoms with Crippen molar-refractivity contribution in [3.8, 4) is 5.69 Å². The second-order valence-corrected chi connectivity index (χ2v) is 4.68. The minimum absolute atomic E-state index is 0.293. The van der Waals surface area contributed by atoms with Crippen LogP contribution in [0.25, 0.3) is 16.6 Å². The van der Waals surface area contributed by atoms with Gasteiger partial charge in [0.25, 0.3) is 0 Å². The maximum Gasteiger partial charge on any atom is 0.335 e. The molecule has 0 bridgehead atoms. The van der Waals surface area contributed by atoms with Gasteiger partial charge in [0.2, 0.25) is 0 Å². The molecular formula is C15H10ClNO2. The van der Waals surface area contributed by atoms with E-state index in [1.165, 1.54) is 0 Å². The highest BCUT2D eigenvalue weighted by Crippen LogP contribution is 2.22. The summed E-state index contributed by atoms with van der Waals surface area (Å²) in [5.74, 6) is -0.916. The summed E-state index contributed by atoms with van der Waals surface area (Å²) in [5.41, 5.74) is 2.25. The van der Waals surface area contributed by atoms with Gasteiger partial charge in [0.05, 0.1) is 11.1 Å². The van der Waals surface area contributed by atoms with Gasteiger partial charge in [-0.2, -0.15) is 0 Å². The summed E-state index contributed by atoms with van der Waals surface area (Å²) in [6.45, 7) is 0. The summed E-state index contributed by atoms with van der Waals surface area (Å²) in [5, 5.41) is 10.6. The van der Waals surface area contributed by atoms with Crippen molar-refractivity contribution in [1.82, 2.24) is 4.57 Å². The van der Waals surface area contributed by atoms with E-state index in [0.717, 1.165) is 16.6 Å². The second kappa shape index (κ2) is 4.44. The Morgan fingerprint density at radius 3 is 2.47 bits per heavy atom. The number of aromatic nitrogens is 1. The first-order valence-electron chi connectivity index (χ1n) is 5.75. The minimum Gasteiger partial charge on any atom is -0.478 e. The van der Waals surface area contributed by atoms with Crippen LogP contribution in [0.2, 0.25) is 5.02 Å². The van der Waals surface area contributed by atoms with Gasteiger partial charge in [0.1, 0.15) is 0 Å². The van der Waals surface area contributed by atoms with Crippen molar-refractivity contribution >= 4 is 28.5 Å². The lowest BCUT2D eigenvalue weighted by atomic mass is 10.1. The number of carboxylic acids is 1. The number of carbonyl (C=O) groups is 1. The van der Waals surface area contributed by atoms with Crippen molar-refractivity contribution < 1.29 is 9.90 Å². The van der Waals surface area contributed by atoms with Crippen molar-refractivity contribution in [2.75, 3.05) is 0 Å². The predicted octanol–water partition coefficient (Wildman–Crippen LogP) is 3.98. The van der Waals surface area contributed by atoms with E-state index in [1.54, 1.807) is 12.1 Å². The lowest BCUT2D eigenvalue weighted by Gasteiger charge is -2.05. The topological polar surface area (TPSA) is 42.2 Å². The summed E-state index contributed by atoms with van der Waals surface area (Å²) < 4.78 is 2.00. The zero-order valence-corrected chi connectivity index (χ0v) is 10.6. The fourth-order valence-corrected chi connectivity index (χ4v) is 2.23. The van der Waals surface area contributed by atoms with E-state index in [9.17, 15) is 4.79 Å². The van der Waals surface area contributed by atoms with Gasteiger partial charge in [-0.05, 0) is 48.5 Å². The molecule has 0 aliphatic heterocycles. The highest BCUT2D eigenvalue weighted by molar-refractivity contribution is 6.30. The first-order valence-corrected chi connectivity index (χ1v) is 6.13. The molecule has 0 fully saturated rings. The van der Waals surface area contributed by atoms with Crippen LogP contribution in [-0.4, -0.2) is 15.6 Å². The number of hydrogen-bond donors (Lipinski definition) is 1. The number of fused-ring (bicyclic) bond motifs is 1. The van der Waals surface area contributed by atoms with Gasteiger partial charge < -0.3 is 9.67 Å². The average molecular weight is 272 g/mol. The predicted molar refractivity (Wildman–Crippen MR) is 75.2 cm³/mol. The maximum atomic E-state index is 10.9. The molecule has 0 amide bonds. The Bertz CT molecular complexity index is 759. The molecule has 1 aromatic heterocycles. The van der Waals surface area contributed by atoms with Crippen LogP contribution >= 0.6 is 11.6 Å².